The average molecular weight is 343 g/mol. The second-order valence-electron chi connectivity index (χ2n) is 4.82. The van der Waals surface area contributed by atoms with Crippen LogP contribution in [0.1, 0.15) is 15.9 Å². The van der Waals surface area contributed by atoms with Crippen LogP contribution >= 0.6 is 0 Å². The monoisotopic (exact) mass is 343 g/mol. The van der Waals surface area contributed by atoms with Gasteiger partial charge in [-0.15, -0.1) is 0 Å². The molecule has 128 valence electrons. The number of rotatable bonds is 4. The first-order valence-corrected chi connectivity index (χ1v) is 6.67. The number of aryl methyl sites for hydroxylation is 1. The Hall–Kier alpha value is -2.77. The van der Waals surface area contributed by atoms with Gasteiger partial charge in [0.25, 0.3) is 5.91 Å². The van der Waals surface area contributed by atoms with E-state index in [-0.39, 0.29) is 11.4 Å². The lowest BCUT2D eigenvalue weighted by Gasteiger charge is -2.14. The second kappa shape index (κ2) is 6.77. The van der Waals surface area contributed by atoms with E-state index in [0.717, 1.165) is 0 Å². The summed E-state index contributed by atoms with van der Waals surface area (Å²) in [7, 11) is 2.80. The van der Waals surface area contributed by atoms with Crippen molar-refractivity contribution in [1.82, 2.24) is 0 Å². The summed E-state index contributed by atoms with van der Waals surface area (Å²) in [5.74, 6) is -7.92. The van der Waals surface area contributed by atoms with Crippen LogP contribution in [0, 0.1) is 30.2 Å². The molecule has 1 amide bonds. The van der Waals surface area contributed by atoms with Crippen molar-refractivity contribution in [2.24, 2.45) is 0 Å². The van der Waals surface area contributed by atoms with Crippen LogP contribution in [0.4, 0.5) is 23.2 Å². The highest BCUT2D eigenvalue weighted by Gasteiger charge is 2.23. The topological polar surface area (TPSA) is 47.6 Å². The Kier molecular flexibility index (Phi) is 4.96. The fourth-order valence-corrected chi connectivity index (χ4v) is 2.04. The molecule has 1 N–H and O–H groups in total. The van der Waals surface area contributed by atoms with Crippen molar-refractivity contribution in [3.63, 3.8) is 0 Å². The minimum atomic E-state index is -2.05. The molecule has 8 heteroatoms. The number of amides is 1. The Balaban J connectivity index is 2.41. The maximum absolute atomic E-state index is 13.7. The molecule has 0 atom stereocenters. The minimum absolute atomic E-state index is 0.210. The van der Waals surface area contributed by atoms with Gasteiger partial charge < -0.3 is 14.8 Å². The van der Waals surface area contributed by atoms with E-state index in [9.17, 15) is 22.4 Å². The highest BCUT2D eigenvalue weighted by molar-refractivity contribution is 6.05. The molecule has 0 bridgehead atoms. The molecule has 0 aromatic heterocycles. The van der Waals surface area contributed by atoms with E-state index < -0.39 is 34.7 Å². The predicted octanol–water partition coefficient (Wildman–Crippen LogP) is 3.82. The zero-order valence-corrected chi connectivity index (χ0v) is 13.0. The number of halogens is 4. The summed E-state index contributed by atoms with van der Waals surface area (Å²) in [6.07, 6.45) is 0. The Morgan fingerprint density at radius 3 is 2.08 bits per heavy atom. The van der Waals surface area contributed by atoms with Crippen molar-refractivity contribution in [1.29, 1.82) is 0 Å². The Morgan fingerprint density at radius 1 is 0.917 bits per heavy atom. The van der Waals surface area contributed by atoms with E-state index in [1.807, 2.05) is 0 Å². The van der Waals surface area contributed by atoms with Gasteiger partial charge in [-0.3, -0.25) is 4.79 Å². The zero-order chi connectivity index (χ0) is 18.0. The first-order chi connectivity index (χ1) is 11.3. The van der Waals surface area contributed by atoms with Crippen molar-refractivity contribution < 1.29 is 31.8 Å². The van der Waals surface area contributed by atoms with Gasteiger partial charge in [0, 0.05) is 11.8 Å². The molecule has 0 aliphatic rings. The lowest BCUT2D eigenvalue weighted by atomic mass is 10.1. The quantitative estimate of drug-likeness (QED) is 0.522. The molecule has 24 heavy (non-hydrogen) atoms. The van der Waals surface area contributed by atoms with Gasteiger partial charge in [-0.25, -0.2) is 17.6 Å². The Bertz CT molecular complexity index is 809. The zero-order valence-electron chi connectivity index (χ0n) is 13.0. The third-order valence-corrected chi connectivity index (χ3v) is 3.33. The molecule has 0 aliphatic heterocycles. The highest BCUT2D eigenvalue weighted by Crippen LogP contribution is 2.33. The van der Waals surface area contributed by atoms with Crippen LogP contribution in [0.2, 0.25) is 0 Å². The van der Waals surface area contributed by atoms with E-state index in [2.05, 4.69) is 5.32 Å². The molecule has 0 aliphatic carbocycles. The molecular formula is C16H13F4NO3. The first kappa shape index (κ1) is 17.6. The van der Waals surface area contributed by atoms with Gasteiger partial charge in [0.1, 0.15) is 0 Å². The molecule has 0 radical (unpaired) electrons. The summed E-state index contributed by atoms with van der Waals surface area (Å²) in [4.78, 5) is 12.1. The van der Waals surface area contributed by atoms with E-state index in [4.69, 9.17) is 9.47 Å². The molecule has 4 nitrogen and oxygen atoms in total. The predicted molar refractivity (Wildman–Crippen MR) is 78.5 cm³/mol. The van der Waals surface area contributed by atoms with Crippen molar-refractivity contribution >= 4 is 11.6 Å². The number of benzene rings is 2. The highest BCUT2D eigenvalue weighted by atomic mass is 19.2. The molecule has 0 unspecified atom stereocenters. The Labute approximate surface area is 135 Å². The average Bonchev–Trinajstić information content (AvgIpc) is 2.57. The SMILES string of the molecule is COc1cc(C)c(NC(=O)c2cc(F)c(F)c(F)c2F)cc1OC. The van der Waals surface area contributed by atoms with Crippen molar-refractivity contribution in [2.75, 3.05) is 19.5 Å². The molecule has 0 spiro atoms. The van der Waals surface area contributed by atoms with Crippen molar-refractivity contribution in [2.45, 2.75) is 6.92 Å². The van der Waals surface area contributed by atoms with Crippen LogP contribution in [0.15, 0.2) is 18.2 Å². The molecule has 2 rings (SSSR count). The fraction of sp³-hybridized carbons (Fsp3) is 0.188. The summed E-state index contributed by atoms with van der Waals surface area (Å²) in [5.41, 5.74) is -0.216. The van der Waals surface area contributed by atoms with Gasteiger partial charge >= 0.3 is 0 Å². The van der Waals surface area contributed by atoms with Crippen LogP contribution in [-0.2, 0) is 0 Å². The molecular weight excluding hydrogens is 330 g/mol. The lowest BCUT2D eigenvalue weighted by molar-refractivity contribution is 0.102. The van der Waals surface area contributed by atoms with Crippen LogP contribution in [0.25, 0.3) is 0 Å². The maximum atomic E-state index is 13.7. The lowest BCUT2D eigenvalue weighted by Crippen LogP contribution is -2.17. The van der Waals surface area contributed by atoms with Crippen LogP contribution in [0.5, 0.6) is 11.5 Å². The standard InChI is InChI=1S/C16H13F4NO3/c1-7-4-11(23-2)12(24-3)6-10(7)21-16(22)8-5-9(17)14(19)15(20)13(8)18/h4-6H,1-3H3,(H,21,22). The number of hydrogen-bond donors (Lipinski definition) is 1. The summed E-state index contributed by atoms with van der Waals surface area (Å²) in [6.45, 7) is 1.62. The van der Waals surface area contributed by atoms with Gasteiger partial charge in [-0.1, -0.05) is 0 Å². The number of nitrogens with one attached hydrogen (secondary N) is 1. The van der Waals surface area contributed by atoms with Crippen molar-refractivity contribution in [3.05, 3.63) is 52.6 Å². The van der Waals surface area contributed by atoms with E-state index in [1.54, 1.807) is 13.0 Å². The number of ether oxygens (including phenoxy) is 2. The maximum Gasteiger partial charge on any atom is 0.258 e. The molecule has 0 saturated carbocycles. The molecule has 2 aromatic rings. The van der Waals surface area contributed by atoms with Gasteiger partial charge in [0.15, 0.2) is 34.8 Å². The summed E-state index contributed by atoms with van der Waals surface area (Å²) in [6, 6.07) is 3.25. The molecule has 2 aromatic carbocycles. The van der Waals surface area contributed by atoms with Crippen molar-refractivity contribution in [3.8, 4) is 11.5 Å². The summed E-state index contributed by atoms with van der Waals surface area (Å²) in [5, 5.41) is 2.30. The van der Waals surface area contributed by atoms with E-state index >= 15 is 0 Å². The number of anilines is 1. The third-order valence-electron chi connectivity index (χ3n) is 3.33. The van der Waals surface area contributed by atoms with Crippen LogP contribution in [-0.4, -0.2) is 20.1 Å². The van der Waals surface area contributed by atoms with E-state index in [0.29, 0.717) is 17.4 Å². The molecule has 0 saturated heterocycles. The smallest absolute Gasteiger partial charge is 0.258 e. The summed E-state index contributed by atoms with van der Waals surface area (Å²) >= 11 is 0. The molecule has 0 fully saturated rings. The Morgan fingerprint density at radius 2 is 1.50 bits per heavy atom. The van der Waals surface area contributed by atoms with Gasteiger partial charge in [0.05, 0.1) is 19.8 Å². The number of carbonyl (C=O) groups is 1. The summed E-state index contributed by atoms with van der Waals surface area (Å²) < 4.78 is 63.3. The van der Waals surface area contributed by atoms with Gasteiger partial charge in [-0.05, 0) is 24.6 Å². The number of carbonyl (C=O) groups excluding carboxylic acids is 1. The third kappa shape index (κ3) is 3.12. The van der Waals surface area contributed by atoms with Gasteiger partial charge in [-0.2, -0.15) is 0 Å². The largest absolute Gasteiger partial charge is 0.493 e. The van der Waals surface area contributed by atoms with E-state index in [1.165, 1.54) is 20.3 Å². The number of methoxy groups -OCH3 is 2. The van der Waals surface area contributed by atoms with Gasteiger partial charge in [0.2, 0.25) is 0 Å². The molecule has 0 heterocycles. The minimum Gasteiger partial charge on any atom is -0.493 e. The number of hydrogen-bond acceptors (Lipinski definition) is 3. The fourth-order valence-electron chi connectivity index (χ4n) is 2.04. The van der Waals surface area contributed by atoms with Crippen LogP contribution < -0.4 is 14.8 Å². The second-order valence-corrected chi connectivity index (χ2v) is 4.82. The van der Waals surface area contributed by atoms with Crippen LogP contribution in [0.3, 0.4) is 0 Å². The first-order valence-electron chi connectivity index (χ1n) is 6.67. The normalized spacial score (nSPS) is 10.5.